The van der Waals surface area contributed by atoms with Crippen LogP contribution in [0.25, 0.3) is 10.9 Å². The van der Waals surface area contributed by atoms with E-state index < -0.39 is 0 Å². The van der Waals surface area contributed by atoms with Crippen molar-refractivity contribution in [3.63, 3.8) is 0 Å². The van der Waals surface area contributed by atoms with Crippen LogP contribution in [0.2, 0.25) is 0 Å². The van der Waals surface area contributed by atoms with Gasteiger partial charge in [0.2, 0.25) is 5.91 Å². The van der Waals surface area contributed by atoms with Crippen molar-refractivity contribution >= 4 is 16.8 Å². The molecule has 72 valence electrons. The van der Waals surface area contributed by atoms with Crippen molar-refractivity contribution in [3.8, 4) is 0 Å². The maximum Gasteiger partial charge on any atom is 0.249 e. The lowest BCUT2D eigenvalue weighted by Crippen LogP contribution is -2.10. The molecular formula is C11H12N2O. The second kappa shape index (κ2) is 3.18. The number of hydrogen-bond donors (Lipinski definition) is 2. The Labute approximate surface area is 81.9 Å². The normalized spacial score (nSPS) is 10.6. The van der Waals surface area contributed by atoms with Crippen molar-refractivity contribution in [1.82, 2.24) is 4.98 Å². The van der Waals surface area contributed by atoms with Crippen LogP contribution < -0.4 is 5.73 Å². The molecule has 14 heavy (non-hydrogen) atoms. The Balaban J connectivity index is 2.73. The number of carbonyl (C=O) groups is 1. The molecule has 1 amide bonds. The first-order valence-electron chi connectivity index (χ1n) is 4.62. The number of hydrogen-bond acceptors (Lipinski definition) is 1. The van der Waals surface area contributed by atoms with E-state index in [1.54, 1.807) is 6.07 Å². The summed E-state index contributed by atoms with van der Waals surface area (Å²) in [7, 11) is 0. The van der Waals surface area contributed by atoms with Gasteiger partial charge in [0.05, 0.1) is 0 Å². The van der Waals surface area contributed by atoms with Crippen molar-refractivity contribution in [2.45, 2.75) is 13.3 Å². The van der Waals surface area contributed by atoms with Crippen molar-refractivity contribution in [3.05, 3.63) is 35.5 Å². The van der Waals surface area contributed by atoms with Gasteiger partial charge in [-0.25, -0.2) is 0 Å². The minimum atomic E-state index is -0.378. The molecule has 1 aromatic heterocycles. The minimum Gasteiger partial charge on any atom is -0.366 e. The van der Waals surface area contributed by atoms with Gasteiger partial charge in [0.25, 0.3) is 0 Å². The highest BCUT2D eigenvalue weighted by molar-refractivity contribution is 6.05. The molecule has 0 atom stereocenters. The molecule has 2 rings (SSSR count). The van der Waals surface area contributed by atoms with Gasteiger partial charge in [0, 0.05) is 22.2 Å². The topological polar surface area (TPSA) is 58.9 Å². The molecule has 0 saturated heterocycles. The standard InChI is InChI=1S/C11H12N2O/c1-2-7-6-9-8(11(12)14)4-3-5-10(9)13-7/h3-6,13H,2H2,1H3,(H2,12,14). The molecule has 2 aromatic rings. The van der Waals surface area contributed by atoms with E-state index in [2.05, 4.69) is 11.9 Å². The lowest BCUT2D eigenvalue weighted by molar-refractivity contribution is 0.100. The summed E-state index contributed by atoms with van der Waals surface area (Å²) in [5.41, 5.74) is 7.95. The largest absolute Gasteiger partial charge is 0.366 e. The SMILES string of the molecule is CCc1cc2c(C(N)=O)cccc2[nH]1. The molecule has 0 bridgehead atoms. The van der Waals surface area contributed by atoms with Crippen LogP contribution in [0.4, 0.5) is 0 Å². The maximum absolute atomic E-state index is 11.1. The molecule has 1 heterocycles. The highest BCUT2D eigenvalue weighted by Gasteiger charge is 2.07. The molecule has 3 nitrogen and oxygen atoms in total. The number of rotatable bonds is 2. The van der Waals surface area contributed by atoms with Gasteiger partial charge >= 0.3 is 0 Å². The number of benzene rings is 1. The Hall–Kier alpha value is -1.77. The number of primary amides is 1. The number of aromatic nitrogens is 1. The fraction of sp³-hybridized carbons (Fsp3) is 0.182. The summed E-state index contributed by atoms with van der Waals surface area (Å²) >= 11 is 0. The minimum absolute atomic E-state index is 0.378. The number of fused-ring (bicyclic) bond motifs is 1. The molecule has 3 N–H and O–H groups in total. The van der Waals surface area contributed by atoms with Crippen LogP contribution in [-0.2, 0) is 6.42 Å². The smallest absolute Gasteiger partial charge is 0.249 e. The average Bonchev–Trinajstić information content (AvgIpc) is 2.59. The monoisotopic (exact) mass is 188 g/mol. The van der Waals surface area contributed by atoms with Crippen LogP contribution in [0.5, 0.6) is 0 Å². The summed E-state index contributed by atoms with van der Waals surface area (Å²) in [5, 5.41) is 0.914. The van der Waals surface area contributed by atoms with Gasteiger partial charge < -0.3 is 10.7 Å². The highest BCUT2D eigenvalue weighted by Crippen LogP contribution is 2.19. The van der Waals surface area contributed by atoms with Crippen molar-refractivity contribution in [2.24, 2.45) is 5.73 Å². The summed E-state index contributed by atoms with van der Waals surface area (Å²) < 4.78 is 0. The fourth-order valence-corrected chi connectivity index (χ4v) is 1.62. The molecule has 0 aliphatic carbocycles. The molecule has 0 fully saturated rings. The quantitative estimate of drug-likeness (QED) is 0.742. The Morgan fingerprint density at radius 3 is 2.93 bits per heavy atom. The summed E-state index contributed by atoms with van der Waals surface area (Å²) in [5.74, 6) is -0.378. The van der Waals surface area contributed by atoms with E-state index in [0.717, 1.165) is 23.0 Å². The van der Waals surface area contributed by atoms with Gasteiger partial charge in [-0.2, -0.15) is 0 Å². The third-order valence-electron chi connectivity index (χ3n) is 2.37. The predicted octanol–water partition coefficient (Wildman–Crippen LogP) is 1.83. The van der Waals surface area contributed by atoms with E-state index in [-0.39, 0.29) is 5.91 Å². The van der Waals surface area contributed by atoms with E-state index in [9.17, 15) is 4.79 Å². The summed E-state index contributed by atoms with van der Waals surface area (Å²) in [6.45, 7) is 2.06. The number of H-pyrrole nitrogens is 1. The van der Waals surface area contributed by atoms with Crippen molar-refractivity contribution < 1.29 is 4.79 Å². The highest BCUT2D eigenvalue weighted by atomic mass is 16.1. The summed E-state index contributed by atoms with van der Waals surface area (Å²) in [6, 6.07) is 7.51. The predicted molar refractivity (Wildman–Crippen MR) is 56.2 cm³/mol. The molecular weight excluding hydrogens is 176 g/mol. The first-order valence-corrected chi connectivity index (χ1v) is 4.62. The van der Waals surface area contributed by atoms with E-state index in [0.29, 0.717) is 5.56 Å². The van der Waals surface area contributed by atoms with Gasteiger partial charge in [-0.3, -0.25) is 4.79 Å². The number of amides is 1. The van der Waals surface area contributed by atoms with Gasteiger partial charge in [0.1, 0.15) is 0 Å². The zero-order chi connectivity index (χ0) is 10.1. The van der Waals surface area contributed by atoms with Gasteiger partial charge in [0.15, 0.2) is 0 Å². The van der Waals surface area contributed by atoms with E-state index in [4.69, 9.17) is 5.73 Å². The summed E-state index contributed by atoms with van der Waals surface area (Å²) in [4.78, 5) is 14.4. The molecule has 0 unspecified atom stereocenters. The van der Waals surface area contributed by atoms with Crippen LogP contribution in [0, 0.1) is 0 Å². The Bertz CT molecular complexity index is 485. The Morgan fingerprint density at radius 2 is 2.29 bits per heavy atom. The molecule has 0 radical (unpaired) electrons. The van der Waals surface area contributed by atoms with Gasteiger partial charge in [-0.05, 0) is 24.6 Å². The van der Waals surface area contributed by atoms with Crippen molar-refractivity contribution in [1.29, 1.82) is 0 Å². The lowest BCUT2D eigenvalue weighted by Gasteiger charge is -1.95. The zero-order valence-corrected chi connectivity index (χ0v) is 8.00. The average molecular weight is 188 g/mol. The first kappa shape index (κ1) is 8.81. The van der Waals surface area contributed by atoms with Crippen LogP contribution >= 0.6 is 0 Å². The van der Waals surface area contributed by atoms with Gasteiger partial charge in [-0.1, -0.05) is 13.0 Å². The lowest BCUT2D eigenvalue weighted by atomic mass is 10.1. The number of nitrogens with one attached hydrogen (secondary N) is 1. The second-order valence-corrected chi connectivity index (χ2v) is 3.28. The third kappa shape index (κ3) is 1.27. The molecule has 0 spiro atoms. The number of aryl methyl sites for hydroxylation is 1. The third-order valence-corrected chi connectivity index (χ3v) is 2.37. The van der Waals surface area contributed by atoms with Crippen molar-refractivity contribution in [2.75, 3.05) is 0 Å². The Morgan fingerprint density at radius 1 is 1.50 bits per heavy atom. The fourth-order valence-electron chi connectivity index (χ4n) is 1.62. The molecule has 3 heteroatoms. The second-order valence-electron chi connectivity index (χ2n) is 3.28. The van der Waals surface area contributed by atoms with Gasteiger partial charge in [-0.15, -0.1) is 0 Å². The van der Waals surface area contributed by atoms with E-state index >= 15 is 0 Å². The molecule has 0 aliphatic rings. The number of nitrogens with two attached hydrogens (primary N) is 1. The molecule has 1 aromatic carbocycles. The first-order chi connectivity index (χ1) is 6.72. The molecule has 0 saturated carbocycles. The van der Waals surface area contributed by atoms with Crippen LogP contribution in [0.15, 0.2) is 24.3 Å². The number of aromatic amines is 1. The van der Waals surface area contributed by atoms with E-state index in [1.807, 2.05) is 18.2 Å². The van der Waals surface area contributed by atoms with Crippen LogP contribution in [0.3, 0.4) is 0 Å². The van der Waals surface area contributed by atoms with Crippen LogP contribution in [-0.4, -0.2) is 10.9 Å². The maximum atomic E-state index is 11.1. The summed E-state index contributed by atoms with van der Waals surface area (Å²) in [6.07, 6.45) is 0.923. The number of carbonyl (C=O) groups excluding carboxylic acids is 1. The Kier molecular flexibility index (Phi) is 2.00. The zero-order valence-electron chi connectivity index (χ0n) is 8.00. The molecule has 0 aliphatic heterocycles. The van der Waals surface area contributed by atoms with Crippen LogP contribution in [0.1, 0.15) is 23.0 Å². The van der Waals surface area contributed by atoms with E-state index in [1.165, 1.54) is 0 Å².